The van der Waals surface area contributed by atoms with Crippen molar-refractivity contribution in [3.05, 3.63) is 35.4 Å². The second kappa shape index (κ2) is 5.96. The van der Waals surface area contributed by atoms with Gasteiger partial charge in [0.1, 0.15) is 0 Å². The Morgan fingerprint density at radius 3 is 2.50 bits per heavy atom. The number of morpholine rings is 1. The fourth-order valence-electron chi connectivity index (χ4n) is 3.02. The maximum Gasteiger partial charge on any atom is 0.311 e. The van der Waals surface area contributed by atoms with Crippen molar-refractivity contribution in [3.63, 3.8) is 0 Å². The highest BCUT2D eigenvalue weighted by Crippen LogP contribution is 2.40. The van der Waals surface area contributed by atoms with Gasteiger partial charge in [-0.3, -0.25) is 4.79 Å². The summed E-state index contributed by atoms with van der Waals surface area (Å²) in [5.41, 5.74) is 1.43. The average molecular weight is 326 g/mol. The molecule has 1 fully saturated rings. The Balaban J connectivity index is 1.82. The van der Waals surface area contributed by atoms with Crippen LogP contribution in [0.15, 0.2) is 24.3 Å². The zero-order valence-electron chi connectivity index (χ0n) is 11.9. The predicted molar refractivity (Wildman–Crippen MR) is 78.6 cm³/mol. The summed E-state index contributed by atoms with van der Waals surface area (Å²) in [4.78, 5) is 11.4. The minimum Gasteiger partial charge on any atom is -0.481 e. The molecule has 0 spiro atoms. The molecular weight excluding hydrogens is 308 g/mol. The largest absolute Gasteiger partial charge is 0.481 e. The van der Waals surface area contributed by atoms with Crippen molar-refractivity contribution in [2.45, 2.75) is 18.4 Å². The minimum atomic E-state index is -3.65. The van der Waals surface area contributed by atoms with Gasteiger partial charge in [0.05, 0.1) is 19.1 Å². The number of carbonyl (C=O) groups is 1. The highest BCUT2D eigenvalue weighted by Gasteiger charge is 2.38. The van der Waals surface area contributed by atoms with Crippen LogP contribution in [0.3, 0.4) is 0 Å². The second-order valence-corrected chi connectivity index (χ2v) is 7.14. The van der Waals surface area contributed by atoms with Crippen LogP contribution < -0.4 is 4.72 Å². The molecule has 0 aromatic heterocycles. The van der Waals surface area contributed by atoms with E-state index in [1.165, 1.54) is 4.31 Å². The topological polar surface area (TPSA) is 95.9 Å². The van der Waals surface area contributed by atoms with Crippen LogP contribution in [0, 0.1) is 0 Å². The number of fused-ring (bicyclic) bond motifs is 1. The molecular formula is C14H18N2O5S. The summed E-state index contributed by atoms with van der Waals surface area (Å²) in [6.07, 6.45) is 0.234. The van der Waals surface area contributed by atoms with E-state index in [1.807, 2.05) is 0 Å². The van der Waals surface area contributed by atoms with Crippen molar-refractivity contribution < 1.29 is 23.1 Å². The molecule has 3 rings (SSSR count). The molecule has 1 aromatic carbocycles. The lowest BCUT2D eigenvalue weighted by Crippen LogP contribution is -2.47. The molecule has 2 aliphatic rings. The summed E-state index contributed by atoms with van der Waals surface area (Å²) in [5, 5.41) is 9.32. The van der Waals surface area contributed by atoms with E-state index in [1.54, 1.807) is 24.3 Å². The second-order valence-electron chi connectivity index (χ2n) is 5.44. The van der Waals surface area contributed by atoms with Crippen LogP contribution in [-0.4, -0.2) is 50.1 Å². The number of nitrogens with zero attached hydrogens (tertiary/aromatic N) is 1. The molecule has 2 atom stereocenters. The van der Waals surface area contributed by atoms with E-state index in [9.17, 15) is 18.3 Å². The van der Waals surface area contributed by atoms with Crippen LogP contribution in [0.2, 0.25) is 0 Å². The number of carboxylic acid groups (broad SMARTS) is 1. The molecule has 8 heteroatoms. The van der Waals surface area contributed by atoms with Gasteiger partial charge in [-0.2, -0.15) is 17.4 Å². The number of carboxylic acids is 1. The Morgan fingerprint density at radius 2 is 1.86 bits per heavy atom. The van der Waals surface area contributed by atoms with Crippen LogP contribution in [0.4, 0.5) is 0 Å². The molecule has 1 heterocycles. The molecule has 2 N–H and O–H groups in total. The van der Waals surface area contributed by atoms with Gasteiger partial charge in [-0.25, -0.2) is 0 Å². The van der Waals surface area contributed by atoms with E-state index in [2.05, 4.69) is 4.72 Å². The molecule has 22 heavy (non-hydrogen) atoms. The maximum absolute atomic E-state index is 12.4. The van der Waals surface area contributed by atoms with Gasteiger partial charge in [-0.05, 0) is 17.5 Å². The molecule has 120 valence electrons. The first kappa shape index (κ1) is 15.4. The van der Waals surface area contributed by atoms with Gasteiger partial charge < -0.3 is 9.84 Å². The summed E-state index contributed by atoms with van der Waals surface area (Å²) >= 11 is 0. The van der Waals surface area contributed by atoms with Crippen LogP contribution in [0.5, 0.6) is 0 Å². The van der Waals surface area contributed by atoms with Crippen molar-refractivity contribution in [2.24, 2.45) is 0 Å². The normalized spacial score (nSPS) is 25.8. The van der Waals surface area contributed by atoms with Gasteiger partial charge in [0.15, 0.2) is 0 Å². The summed E-state index contributed by atoms with van der Waals surface area (Å²) in [7, 11) is -3.65. The van der Waals surface area contributed by atoms with Gasteiger partial charge in [0, 0.05) is 19.1 Å². The molecule has 1 saturated heterocycles. The van der Waals surface area contributed by atoms with E-state index >= 15 is 0 Å². The molecule has 1 aromatic rings. The van der Waals surface area contributed by atoms with E-state index in [-0.39, 0.29) is 6.42 Å². The van der Waals surface area contributed by atoms with Crippen molar-refractivity contribution >= 4 is 16.2 Å². The number of benzene rings is 1. The van der Waals surface area contributed by atoms with E-state index in [0.29, 0.717) is 31.9 Å². The monoisotopic (exact) mass is 326 g/mol. The summed E-state index contributed by atoms with van der Waals surface area (Å²) in [5.74, 6) is -1.60. The molecule has 0 amide bonds. The number of rotatable bonds is 4. The van der Waals surface area contributed by atoms with Gasteiger partial charge in [-0.1, -0.05) is 24.3 Å². The third kappa shape index (κ3) is 2.87. The van der Waals surface area contributed by atoms with Crippen LogP contribution in [0.25, 0.3) is 0 Å². The summed E-state index contributed by atoms with van der Waals surface area (Å²) in [6, 6.07) is 6.58. The minimum absolute atomic E-state index is 0.234. The maximum atomic E-state index is 12.4. The number of ether oxygens (including phenoxy) is 1. The highest BCUT2D eigenvalue weighted by molar-refractivity contribution is 7.87. The fourth-order valence-corrected chi connectivity index (χ4v) is 4.38. The Bertz CT molecular complexity index is 670. The molecule has 0 radical (unpaired) electrons. The van der Waals surface area contributed by atoms with Crippen LogP contribution in [-0.2, 0) is 19.7 Å². The lowest BCUT2D eigenvalue weighted by Gasteiger charge is -2.27. The lowest BCUT2D eigenvalue weighted by atomic mass is 10.0. The number of hydrogen-bond donors (Lipinski definition) is 2. The van der Waals surface area contributed by atoms with Crippen LogP contribution >= 0.6 is 0 Å². The lowest BCUT2D eigenvalue weighted by molar-refractivity contribution is -0.138. The Labute approximate surface area is 129 Å². The molecule has 7 nitrogen and oxygen atoms in total. The van der Waals surface area contributed by atoms with E-state index in [4.69, 9.17) is 4.74 Å². The standard InChI is InChI=1S/C14H18N2O5S/c17-14(18)12-9-13(11-4-2-1-3-10(11)12)15-22(19,20)16-5-7-21-8-6-16/h1-4,12-13,15H,5-9H2,(H,17,18)/t12-,13+/m1/s1. The zero-order valence-corrected chi connectivity index (χ0v) is 12.8. The van der Waals surface area contributed by atoms with E-state index in [0.717, 1.165) is 5.56 Å². The Morgan fingerprint density at radius 1 is 1.23 bits per heavy atom. The third-order valence-corrected chi connectivity index (χ3v) is 5.74. The summed E-state index contributed by atoms with van der Waals surface area (Å²) < 4.78 is 34.0. The molecule has 1 aliphatic heterocycles. The SMILES string of the molecule is O=C(O)[C@@H]1C[C@H](NS(=O)(=O)N2CCOCC2)c2ccccc21. The van der Waals surface area contributed by atoms with Crippen molar-refractivity contribution in [3.8, 4) is 0 Å². The van der Waals surface area contributed by atoms with Gasteiger partial charge >= 0.3 is 5.97 Å². The molecule has 0 bridgehead atoms. The van der Waals surface area contributed by atoms with Crippen LogP contribution in [0.1, 0.15) is 29.5 Å². The van der Waals surface area contributed by atoms with Gasteiger partial charge in [-0.15, -0.1) is 0 Å². The van der Waals surface area contributed by atoms with Gasteiger partial charge in [0.2, 0.25) is 0 Å². The van der Waals surface area contributed by atoms with Crippen molar-refractivity contribution in [1.29, 1.82) is 0 Å². The quantitative estimate of drug-likeness (QED) is 0.838. The number of hydrogen-bond acceptors (Lipinski definition) is 4. The first-order chi connectivity index (χ1) is 10.5. The highest BCUT2D eigenvalue weighted by atomic mass is 32.2. The smallest absolute Gasteiger partial charge is 0.311 e. The first-order valence-corrected chi connectivity index (χ1v) is 8.60. The van der Waals surface area contributed by atoms with Gasteiger partial charge in [0.25, 0.3) is 10.2 Å². The number of aliphatic carboxylic acids is 1. The Hall–Kier alpha value is -1.48. The fraction of sp³-hybridized carbons (Fsp3) is 0.500. The molecule has 0 unspecified atom stereocenters. The average Bonchev–Trinajstić information content (AvgIpc) is 2.87. The molecule has 0 saturated carbocycles. The zero-order chi connectivity index (χ0) is 15.7. The van der Waals surface area contributed by atoms with Crippen molar-refractivity contribution in [2.75, 3.05) is 26.3 Å². The molecule has 1 aliphatic carbocycles. The predicted octanol–water partition coefficient (Wildman–Crippen LogP) is 0.466. The van der Waals surface area contributed by atoms with Crippen molar-refractivity contribution in [1.82, 2.24) is 9.03 Å². The number of nitrogens with one attached hydrogen (secondary N) is 1. The van der Waals surface area contributed by atoms with E-state index < -0.39 is 28.1 Å². The Kier molecular flexibility index (Phi) is 4.18. The third-order valence-electron chi connectivity index (χ3n) is 4.12. The first-order valence-electron chi connectivity index (χ1n) is 7.16. The summed E-state index contributed by atoms with van der Waals surface area (Å²) in [6.45, 7) is 1.37.